The molecule has 1 amide bonds. The Hall–Kier alpha value is -2.50. The fourth-order valence-electron chi connectivity index (χ4n) is 3.53. The Labute approximate surface area is 183 Å². The van der Waals surface area contributed by atoms with Gasteiger partial charge >= 0.3 is 6.18 Å². The van der Waals surface area contributed by atoms with Crippen LogP contribution < -0.4 is 10.0 Å². The van der Waals surface area contributed by atoms with Gasteiger partial charge < -0.3 is 5.32 Å². The molecular weight excluding hydrogens is 450 g/mol. The molecule has 0 aromatic heterocycles. The zero-order valence-corrected chi connectivity index (χ0v) is 17.8. The van der Waals surface area contributed by atoms with Crippen molar-refractivity contribution in [1.29, 1.82) is 0 Å². The van der Waals surface area contributed by atoms with Crippen LogP contribution in [0.3, 0.4) is 0 Å². The summed E-state index contributed by atoms with van der Waals surface area (Å²) in [5.41, 5.74) is 1.16. The molecule has 0 saturated carbocycles. The molecule has 0 bridgehead atoms. The van der Waals surface area contributed by atoms with Crippen LogP contribution in [0.1, 0.15) is 18.4 Å². The van der Waals surface area contributed by atoms with Crippen molar-refractivity contribution >= 4 is 21.6 Å². The Bertz CT molecular complexity index is 1040. The third-order valence-electron chi connectivity index (χ3n) is 5.07. The summed E-state index contributed by atoms with van der Waals surface area (Å²) >= 11 is 0. The van der Waals surface area contributed by atoms with Gasteiger partial charge in [0.1, 0.15) is 12.4 Å². The smallest absolute Gasteiger partial charge is 0.326 e. The van der Waals surface area contributed by atoms with Crippen LogP contribution in [0.2, 0.25) is 0 Å². The molecule has 1 aliphatic heterocycles. The van der Waals surface area contributed by atoms with E-state index in [1.54, 1.807) is 6.07 Å². The predicted octanol–water partition coefficient (Wildman–Crippen LogP) is 3.52. The molecule has 0 spiro atoms. The molecular formula is C21H23F4N3O3S. The first kappa shape index (κ1) is 24.1. The number of benzene rings is 2. The number of nitrogens with one attached hydrogen (secondary N) is 2. The highest BCUT2D eigenvalue weighted by Crippen LogP contribution is 2.22. The summed E-state index contributed by atoms with van der Waals surface area (Å²) in [5, 5.41) is 2.72. The number of rotatable bonds is 7. The lowest BCUT2D eigenvalue weighted by molar-refractivity contribution is -0.122. The number of hydrogen-bond donors (Lipinski definition) is 2. The van der Waals surface area contributed by atoms with Gasteiger partial charge in [-0.3, -0.25) is 9.69 Å². The van der Waals surface area contributed by atoms with E-state index in [0.717, 1.165) is 30.7 Å². The van der Waals surface area contributed by atoms with Crippen LogP contribution in [0.5, 0.6) is 0 Å². The van der Waals surface area contributed by atoms with E-state index >= 15 is 0 Å². The maximum Gasteiger partial charge on any atom is 0.402 e. The summed E-state index contributed by atoms with van der Waals surface area (Å²) < 4.78 is 75.5. The minimum atomic E-state index is -4.66. The SMILES string of the molecule is O=C(Nc1ccc(S(=O)(=O)NCC(F)(F)F)cc1)C1CCCN(Cc2cccc(F)c2)C1. The van der Waals surface area contributed by atoms with Crippen LogP contribution in [0.25, 0.3) is 0 Å². The van der Waals surface area contributed by atoms with Crippen LogP contribution in [-0.4, -0.2) is 45.0 Å². The highest BCUT2D eigenvalue weighted by molar-refractivity contribution is 7.89. The van der Waals surface area contributed by atoms with Gasteiger partial charge in [0.15, 0.2) is 0 Å². The van der Waals surface area contributed by atoms with Crippen molar-refractivity contribution in [2.45, 2.75) is 30.5 Å². The molecule has 0 radical (unpaired) electrons. The zero-order chi connectivity index (χ0) is 23.4. The van der Waals surface area contributed by atoms with Gasteiger partial charge in [0.05, 0.1) is 10.8 Å². The Balaban J connectivity index is 1.57. The maximum absolute atomic E-state index is 13.4. The quantitative estimate of drug-likeness (QED) is 0.604. The molecule has 2 aromatic rings. The van der Waals surface area contributed by atoms with E-state index in [2.05, 4.69) is 10.2 Å². The van der Waals surface area contributed by atoms with E-state index < -0.39 is 22.7 Å². The Morgan fingerprint density at radius 1 is 1.12 bits per heavy atom. The van der Waals surface area contributed by atoms with Gasteiger partial charge in [-0.2, -0.15) is 13.2 Å². The first-order valence-corrected chi connectivity index (χ1v) is 11.4. The minimum Gasteiger partial charge on any atom is -0.326 e. The van der Waals surface area contributed by atoms with E-state index in [0.29, 0.717) is 25.2 Å². The summed E-state index contributed by atoms with van der Waals surface area (Å²) in [5.74, 6) is -0.846. The van der Waals surface area contributed by atoms with Crippen LogP contribution in [0.4, 0.5) is 23.2 Å². The standard InChI is InChI=1S/C21H23F4N3O3S/c22-17-5-1-3-15(11-17)12-28-10-2-4-16(13-28)20(29)27-18-6-8-19(9-7-18)32(30,31)26-14-21(23,24)25/h1,3,5-9,11,16,26H,2,4,10,12-14H2,(H,27,29). The molecule has 1 unspecified atom stereocenters. The lowest BCUT2D eigenvalue weighted by Crippen LogP contribution is -2.40. The third kappa shape index (κ3) is 7.01. The van der Waals surface area contributed by atoms with Crippen molar-refractivity contribution in [3.63, 3.8) is 0 Å². The number of anilines is 1. The Kier molecular flexibility index (Phi) is 7.52. The van der Waals surface area contributed by atoms with Gasteiger partial charge in [-0.25, -0.2) is 17.5 Å². The van der Waals surface area contributed by atoms with Crippen molar-refractivity contribution in [3.8, 4) is 0 Å². The average Bonchev–Trinajstić information content (AvgIpc) is 2.72. The Morgan fingerprint density at radius 3 is 2.50 bits per heavy atom. The second-order valence-electron chi connectivity index (χ2n) is 7.66. The fraction of sp³-hybridized carbons (Fsp3) is 0.381. The summed E-state index contributed by atoms with van der Waals surface area (Å²) in [7, 11) is -4.32. The van der Waals surface area contributed by atoms with E-state index in [1.165, 1.54) is 29.0 Å². The molecule has 1 heterocycles. The molecule has 1 fully saturated rings. The molecule has 0 aliphatic carbocycles. The van der Waals surface area contributed by atoms with Crippen molar-refractivity contribution in [3.05, 3.63) is 59.9 Å². The molecule has 6 nitrogen and oxygen atoms in total. The largest absolute Gasteiger partial charge is 0.402 e. The first-order valence-electron chi connectivity index (χ1n) is 9.96. The normalized spacial score (nSPS) is 17.8. The number of carbonyl (C=O) groups is 1. The number of carbonyl (C=O) groups excluding carboxylic acids is 1. The number of amides is 1. The highest BCUT2D eigenvalue weighted by Gasteiger charge is 2.30. The van der Waals surface area contributed by atoms with Crippen molar-refractivity contribution in [2.24, 2.45) is 5.92 Å². The van der Waals surface area contributed by atoms with Gasteiger partial charge in [-0.15, -0.1) is 0 Å². The molecule has 2 aromatic carbocycles. The molecule has 174 valence electrons. The number of hydrogen-bond acceptors (Lipinski definition) is 4. The van der Waals surface area contributed by atoms with Gasteiger partial charge in [0, 0.05) is 18.8 Å². The van der Waals surface area contributed by atoms with Gasteiger partial charge in [0.25, 0.3) is 0 Å². The van der Waals surface area contributed by atoms with Gasteiger partial charge in [-0.05, 0) is 61.3 Å². The van der Waals surface area contributed by atoms with Crippen LogP contribution >= 0.6 is 0 Å². The molecule has 2 N–H and O–H groups in total. The minimum absolute atomic E-state index is 0.236. The van der Waals surface area contributed by atoms with E-state index in [-0.39, 0.29) is 22.5 Å². The van der Waals surface area contributed by atoms with E-state index in [4.69, 9.17) is 0 Å². The van der Waals surface area contributed by atoms with Crippen LogP contribution in [-0.2, 0) is 21.4 Å². The third-order valence-corrected chi connectivity index (χ3v) is 6.48. The second kappa shape index (κ2) is 9.97. The highest BCUT2D eigenvalue weighted by atomic mass is 32.2. The van der Waals surface area contributed by atoms with Gasteiger partial charge in [-0.1, -0.05) is 12.1 Å². The molecule has 3 rings (SSSR count). The number of nitrogens with zero attached hydrogens (tertiary/aromatic N) is 1. The Morgan fingerprint density at radius 2 is 1.84 bits per heavy atom. The number of halogens is 4. The van der Waals surface area contributed by atoms with Crippen molar-refractivity contribution in [1.82, 2.24) is 9.62 Å². The monoisotopic (exact) mass is 473 g/mol. The lowest BCUT2D eigenvalue weighted by atomic mass is 9.96. The summed E-state index contributed by atoms with van der Waals surface area (Å²) in [6, 6.07) is 11.2. The molecule has 32 heavy (non-hydrogen) atoms. The molecule has 11 heteroatoms. The summed E-state index contributed by atoms with van der Waals surface area (Å²) in [6.45, 7) is 0.147. The van der Waals surface area contributed by atoms with E-state index in [1.807, 2.05) is 6.07 Å². The zero-order valence-electron chi connectivity index (χ0n) is 17.0. The number of alkyl halides is 3. The van der Waals surface area contributed by atoms with Crippen molar-refractivity contribution < 1.29 is 30.8 Å². The fourth-order valence-corrected chi connectivity index (χ4v) is 4.54. The summed E-state index contributed by atoms with van der Waals surface area (Å²) in [6.07, 6.45) is -3.18. The number of sulfonamides is 1. The second-order valence-corrected chi connectivity index (χ2v) is 9.42. The lowest BCUT2D eigenvalue weighted by Gasteiger charge is -2.32. The average molecular weight is 473 g/mol. The van der Waals surface area contributed by atoms with E-state index in [9.17, 15) is 30.8 Å². The van der Waals surface area contributed by atoms with Gasteiger partial charge in [0.2, 0.25) is 15.9 Å². The maximum atomic E-state index is 13.4. The summed E-state index contributed by atoms with van der Waals surface area (Å²) in [4.78, 5) is 14.4. The molecule has 1 aliphatic rings. The van der Waals surface area contributed by atoms with Crippen LogP contribution in [0, 0.1) is 11.7 Å². The predicted molar refractivity (Wildman–Crippen MR) is 111 cm³/mol. The molecule has 1 saturated heterocycles. The number of likely N-dealkylation sites (tertiary alicyclic amines) is 1. The van der Waals surface area contributed by atoms with Crippen LogP contribution in [0.15, 0.2) is 53.4 Å². The molecule has 1 atom stereocenters. The topological polar surface area (TPSA) is 78.5 Å². The first-order chi connectivity index (χ1) is 15.0. The van der Waals surface area contributed by atoms with Crippen molar-refractivity contribution in [2.75, 3.05) is 25.0 Å². The number of piperidine rings is 1.